The molecule has 4 rings (SSSR count). The predicted octanol–water partition coefficient (Wildman–Crippen LogP) is 4.81. The number of amides is 1. The van der Waals surface area contributed by atoms with Crippen molar-refractivity contribution in [3.63, 3.8) is 0 Å². The quantitative estimate of drug-likeness (QED) is 0.380. The minimum absolute atomic E-state index is 0.0952. The number of carbonyl (C=O) groups is 1. The molecule has 35 heavy (non-hydrogen) atoms. The van der Waals surface area contributed by atoms with Crippen molar-refractivity contribution in [2.24, 2.45) is 5.92 Å². The number of methoxy groups -OCH3 is 1. The molecule has 10 nitrogen and oxygen atoms in total. The molecule has 1 amide bonds. The van der Waals surface area contributed by atoms with E-state index in [0.29, 0.717) is 36.5 Å². The molecule has 0 N–H and O–H groups in total. The SMILES string of the molecule is COc1cc(-c2cc([N+](=O)[O-])c(CC3CCN(C(=O)OC(C)(C)C)CC3)cc2C)cn2ncnc12. The van der Waals surface area contributed by atoms with Crippen molar-refractivity contribution in [2.45, 2.75) is 52.6 Å². The Kier molecular flexibility index (Phi) is 6.64. The molecule has 3 aromatic rings. The molecule has 1 aliphatic heterocycles. The van der Waals surface area contributed by atoms with Gasteiger partial charge in [0.15, 0.2) is 11.4 Å². The van der Waals surface area contributed by atoms with Gasteiger partial charge in [-0.15, -0.1) is 0 Å². The average Bonchev–Trinajstić information content (AvgIpc) is 3.26. The Hall–Kier alpha value is -3.69. The molecule has 0 saturated carbocycles. The van der Waals surface area contributed by atoms with Crippen LogP contribution < -0.4 is 4.74 Å². The smallest absolute Gasteiger partial charge is 0.410 e. The van der Waals surface area contributed by atoms with Gasteiger partial charge in [0.1, 0.15) is 11.9 Å². The second kappa shape index (κ2) is 9.52. The van der Waals surface area contributed by atoms with E-state index in [-0.39, 0.29) is 22.6 Å². The maximum Gasteiger partial charge on any atom is 0.410 e. The molecule has 1 fully saturated rings. The van der Waals surface area contributed by atoms with E-state index in [9.17, 15) is 14.9 Å². The molecule has 1 aliphatic rings. The Morgan fingerprint density at radius 3 is 2.57 bits per heavy atom. The molecular weight excluding hydrogens is 450 g/mol. The largest absolute Gasteiger partial charge is 0.493 e. The van der Waals surface area contributed by atoms with E-state index >= 15 is 0 Å². The van der Waals surface area contributed by atoms with Crippen LogP contribution in [0.15, 0.2) is 30.7 Å². The van der Waals surface area contributed by atoms with E-state index in [0.717, 1.165) is 29.5 Å². The number of benzene rings is 1. The molecule has 3 heterocycles. The van der Waals surface area contributed by atoms with Gasteiger partial charge in [0.2, 0.25) is 0 Å². The summed E-state index contributed by atoms with van der Waals surface area (Å²) in [4.78, 5) is 29.9. The van der Waals surface area contributed by atoms with Gasteiger partial charge in [-0.1, -0.05) is 0 Å². The zero-order valence-corrected chi connectivity index (χ0v) is 20.8. The number of hydrogen-bond acceptors (Lipinski definition) is 7. The van der Waals surface area contributed by atoms with Crippen LogP contribution in [0.4, 0.5) is 10.5 Å². The van der Waals surface area contributed by atoms with Crippen LogP contribution >= 0.6 is 0 Å². The first-order valence-electron chi connectivity index (χ1n) is 11.7. The highest BCUT2D eigenvalue weighted by molar-refractivity contribution is 5.74. The summed E-state index contributed by atoms with van der Waals surface area (Å²) < 4.78 is 12.5. The van der Waals surface area contributed by atoms with Gasteiger partial charge in [-0.25, -0.2) is 14.3 Å². The van der Waals surface area contributed by atoms with Crippen LogP contribution in [-0.2, 0) is 11.2 Å². The van der Waals surface area contributed by atoms with Crippen molar-refractivity contribution < 1.29 is 19.2 Å². The van der Waals surface area contributed by atoms with Gasteiger partial charge >= 0.3 is 6.09 Å². The summed E-state index contributed by atoms with van der Waals surface area (Å²) in [6, 6.07) is 5.37. The predicted molar refractivity (Wildman–Crippen MR) is 131 cm³/mol. The van der Waals surface area contributed by atoms with E-state index in [1.807, 2.05) is 39.8 Å². The number of nitrogens with zero attached hydrogens (tertiary/aromatic N) is 5. The van der Waals surface area contributed by atoms with Gasteiger partial charge in [-0.3, -0.25) is 10.1 Å². The monoisotopic (exact) mass is 481 g/mol. The highest BCUT2D eigenvalue weighted by Gasteiger charge is 2.29. The lowest BCUT2D eigenvalue weighted by Gasteiger charge is -2.33. The van der Waals surface area contributed by atoms with E-state index < -0.39 is 5.60 Å². The van der Waals surface area contributed by atoms with E-state index in [2.05, 4.69) is 10.1 Å². The summed E-state index contributed by atoms with van der Waals surface area (Å²) in [5, 5.41) is 16.2. The Morgan fingerprint density at radius 2 is 1.94 bits per heavy atom. The number of aryl methyl sites for hydroxylation is 1. The molecule has 1 saturated heterocycles. The summed E-state index contributed by atoms with van der Waals surface area (Å²) in [5.41, 5.74) is 3.29. The number of nitro benzene ring substituents is 1. The van der Waals surface area contributed by atoms with Crippen molar-refractivity contribution in [1.29, 1.82) is 0 Å². The number of piperidine rings is 1. The highest BCUT2D eigenvalue weighted by Crippen LogP contribution is 2.35. The Labute approximate surface area is 204 Å². The molecule has 186 valence electrons. The molecule has 0 unspecified atom stereocenters. The van der Waals surface area contributed by atoms with Crippen molar-refractivity contribution in [2.75, 3.05) is 20.2 Å². The van der Waals surface area contributed by atoms with Crippen molar-refractivity contribution >= 4 is 17.4 Å². The second-order valence-corrected chi connectivity index (χ2v) is 9.99. The zero-order valence-electron chi connectivity index (χ0n) is 20.8. The zero-order chi connectivity index (χ0) is 25.3. The topological polar surface area (TPSA) is 112 Å². The molecular formula is C25H31N5O5. The minimum Gasteiger partial charge on any atom is -0.493 e. The Bertz CT molecular complexity index is 1260. The number of aromatic nitrogens is 3. The van der Waals surface area contributed by atoms with Gasteiger partial charge in [-0.2, -0.15) is 5.10 Å². The van der Waals surface area contributed by atoms with Crippen LogP contribution in [-0.4, -0.2) is 56.3 Å². The molecule has 0 atom stereocenters. The van der Waals surface area contributed by atoms with Gasteiger partial charge in [0.25, 0.3) is 5.69 Å². The normalized spacial score (nSPS) is 14.8. The fourth-order valence-electron chi connectivity index (χ4n) is 4.55. The number of carbonyl (C=O) groups excluding carboxylic acids is 1. The first-order chi connectivity index (χ1) is 16.6. The average molecular weight is 482 g/mol. The number of fused-ring (bicyclic) bond motifs is 1. The molecule has 0 aliphatic carbocycles. The van der Waals surface area contributed by atoms with Crippen LogP contribution in [0.25, 0.3) is 16.8 Å². The van der Waals surface area contributed by atoms with Crippen LogP contribution in [0.3, 0.4) is 0 Å². The summed E-state index contributed by atoms with van der Waals surface area (Å²) in [7, 11) is 1.56. The maximum atomic E-state index is 12.3. The van der Waals surface area contributed by atoms with Crippen LogP contribution in [0.5, 0.6) is 5.75 Å². The third kappa shape index (κ3) is 5.36. The number of likely N-dealkylation sites (tertiary alicyclic amines) is 1. The molecule has 10 heteroatoms. The van der Waals surface area contributed by atoms with Gasteiger partial charge in [0, 0.05) is 36.5 Å². The Morgan fingerprint density at radius 1 is 1.23 bits per heavy atom. The molecule has 0 radical (unpaired) electrons. The third-order valence-corrected chi connectivity index (χ3v) is 6.27. The second-order valence-electron chi connectivity index (χ2n) is 9.99. The number of hydrogen-bond donors (Lipinski definition) is 0. The number of rotatable bonds is 5. The van der Waals surface area contributed by atoms with Crippen LogP contribution in [0.1, 0.15) is 44.7 Å². The van der Waals surface area contributed by atoms with E-state index in [1.165, 1.54) is 6.33 Å². The van der Waals surface area contributed by atoms with E-state index in [1.54, 1.807) is 28.8 Å². The molecule has 2 aromatic heterocycles. The molecule has 1 aromatic carbocycles. The minimum atomic E-state index is -0.531. The van der Waals surface area contributed by atoms with Gasteiger partial charge < -0.3 is 14.4 Å². The van der Waals surface area contributed by atoms with Crippen molar-refractivity contribution in [1.82, 2.24) is 19.5 Å². The molecule has 0 spiro atoms. The van der Waals surface area contributed by atoms with Crippen LogP contribution in [0, 0.1) is 23.0 Å². The van der Waals surface area contributed by atoms with Crippen LogP contribution in [0.2, 0.25) is 0 Å². The van der Waals surface area contributed by atoms with E-state index in [4.69, 9.17) is 9.47 Å². The lowest BCUT2D eigenvalue weighted by molar-refractivity contribution is -0.385. The number of ether oxygens (including phenoxy) is 2. The first-order valence-corrected chi connectivity index (χ1v) is 11.7. The maximum absolute atomic E-state index is 12.3. The fourth-order valence-corrected chi connectivity index (χ4v) is 4.55. The molecule has 0 bridgehead atoms. The lowest BCUT2D eigenvalue weighted by Crippen LogP contribution is -2.42. The van der Waals surface area contributed by atoms with Crippen molar-refractivity contribution in [3.8, 4) is 16.9 Å². The Balaban J connectivity index is 1.55. The lowest BCUT2D eigenvalue weighted by atomic mass is 9.87. The van der Waals surface area contributed by atoms with Gasteiger partial charge in [0.05, 0.1) is 12.0 Å². The number of nitro groups is 1. The highest BCUT2D eigenvalue weighted by atomic mass is 16.6. The summed E-state index contributed by atoms with van der Waals surface area (Å²) in [6.07, 6.45) is 5.07. The summed E-state index contributed by atoms with van der Waals surface area (Å²) in [5.74, 6) is 0.798. The fraction of sp³-hybridized carbons (Fsp3) is 0.480. The van der Waals surface area contributed by atoms with Crippen molar-refractivity contribution in [3.05, 3.63) is 52.0 Å². The van der Waals surface area contributed by atoms with Gasteiger partial charge in [-0.05, 0) is 76.1 Å². The summed E-state index contributed by atoms with van der Waals surface area (Å²) in [6.45, 7) is 8.67. The summed E-state index contributed by atoms with van der Waals surface area (Å²) >= 11 is 0. The third-order valence-electron chi connectivity index (χ3n) is 6.27. The first kappa shape index (κ1) is 24.4. The number of pyridine rings is 1. The standard InChI is InChI=1S/C25H31N5O5/c1-16-10-18(11-17-6-8-28(9-7-17)24(31)35-25(2,3)4)21(30(32)33)13-20(16)19-12-22(34-5)23-26-15-27-29(23)14-19/h10,12-15,17H,6-9,11H2,1-5H3.